The molecule has 1 N–H and O–H groups in total. The van der Waals surface area contributed by atoms with Crippen LogP contribution in [0.1, 0.15) is 55.3 Å². The Balaban J connectivity index is 0.00000106. The highest BCUT2D eigenvalue weighted by molar-refractivity contribution is 6.43. The van der Waals surface area contributed by atoms with Gasteiger partial charge in [-0.15, -0.1) is 0 Å². The summed E-state index contributed by atoms with van der Waals surface area (Å²) in [6.07, 6.45) is 0. The molecule has 4 amide bonds. The van der Waals surface area contributed by atoms with Gasteiger partial charge in [-0.05, 0) is 56.6 Å². The number of imide groups is 2. The SMILES string of the molecule is CC.[2H]N1C(=O)c2ccc3c4ccc5c6c(ccc(c7ccc(c2c37)C1=O)c64)C(=O)N([B])C5=O. The van der Waals surface area contributed by atoms with Gasteiger partial charge in [0.05, 0.1) is 0 Å². The first kappa shape index (κ1) is 18.3. The Bertz CT molecular complexity index is 1540. The van der Waals surface area contributed by atoms with Gasteiger partial charge in [0.25, 0.3) is 11.8 Å². The summed E-state index contributed by atoms with van der Waals surface area (Å²) in [4.78, 5) is 51.3. The van der Waals surface area contributed by atoms with Crippen molar-refractivity contribution < 1.29 is 20.6 Å². The van der Waals surface area contributed by atoms with E-state index in [0.717, 1.165) is 32.3 Å². The van der Waals surface area contributed by atoms with Gasteiger partial charge in [0.1, 0.15) is 0 Å². The van der Waals surface area contributed by atoms with Gasteiger partial charge in [0.2, 0.25) is 19.8 Å². The number of carbonyl (C=O) groups is 4. The van der Waals surface area contributed by atoms with Crippen molar-refractivity contribution in [3.05, 3.63) is 70.8 Å². The van der Waals surface area contributed by atoms with Crippen LogP contribution < -0.4 is 5.31 Å². The smallest absolute Gasteiger partial charge is 0.258 e. The van der Waals surface area contributed by atoms with E-state index in [2.05, 4.69) is 0 Å². The quantitative estimate of drug-likeness (QED) is 0.171. The largest absolute Gasteiger partial charge is 0.332 e. The average molecular weight is 431 g/mol. The first-order chi connectivity index (χ1) is 16.4. The lowest BCUT2D eigenvalue weighted by atomic mass is 9.82. The second kappa shape index (κ2) is 6.39. The Kier molecular flexibility index (Phi) is 3.55. The maximum atomic E-state index is 12.7. The zero-order chi connectivity index (χ0) is 24.0. The maximum Gasteiger partial charge on any atom is 0.258 e. The minimum absolute atomic E-state index is 0.299. The van der Waals surface area contributed by atoms with Crippen molar-refractivity contribution in [1.29, 1.82) is 0 Å². The van der Waals surface area contributed by atoms with E-state index >= 15 is 0 Å². The number of hydrogen-bond donors (Lipinski definition) is 1. The molecule has 0 saturated heterocycles. The van der Waals surface area contributed by atoms with Gasteiger partial charge in [-0.1, -0.05) is 38.1 Å². The molecular weight excluding hydrogens is 415 g/mol. The molecule has 0 spiro atoms. The van der Waals surface area contributed by atoms with Gasteiger partial charge in [-0.25, -0.2) is 0 Å². The zero-order valence-corrected chi connectivity index (χ0v) is 17.7. The van der Waals surface area contributed by atoms with E-state index in [4.69, 9.17) is 9.39 Å². The summed E-state index contributed by atoms with van der Waals surface area (Å²) >= 11 is 0. The third kappa shape index (κ3) is 2.18. The average Bonchev–Trinajstić information content (AvgIpc) is 2.88. The molecule has 0 atom stereocenters. The monoisotopic (exact) mass is 431 g/mol. The highest BCUT2D eigenvalue weighted by Crippen LogP contribution is 2.45. The molecule has 2 aliphatic rings. The zero-order valence-electron chi connectivity index (χ0n) is 18.7. The van der Waals surface area contributed by atoms with Crippen molar-refractivity contribution >= 4 is 74.7 Å². The summed E-state index contributed by atoms with van der Waals surface area (Å²) in [5, 5.41) is 6.18. The lowest BCUT2D eigenvalue weighted by molar-refractivity contribution is 0.0724. The van der Waals surface area contributed by atoms with E-state index in [1.807, 2.05) is 26.0 Å². The fourth-order valence-corrected chi connectivity index (χ4v) is 5.17. The minimum atomic E-state index is -0.665. The number of fused-ring (bicyclic) bond motifs is 2. The van der Waals surface area contributed by atoms with Crippen molar-refractivity contribution in [2.45, 2.75) is 13.8 Å². The summed E-state index contributed by atoms with van der Waals surface area (Å²) in [5.74, 6) is -2.45. The van der Waals surface area contributed by atoms with Crippen LogP contribution in [0, 0.1) is 0 Å². The standard InChI is InChI=1S/C24H9BN2O4.C2H6/c25-27-23(30)15-7-3-11-9-1-5-13-19-14(22(29)26-21(13)28)6-2-10(17(9)19)12-4-8-16(24(27)31)20(15)18(11)12;1-2/h1-8H,(H,26,28,29);1-2H3/i/hD. The molecule has 0 aliphatic carbocycles. The third-order valence-electron chi connectivity index (χ3n) is 6.46. The number of nitrogens with zero attached hydrogens (tertiary/aromatic N) is 1. The van der Waals surface area contributed by atoms with Crippen molar-refractivity contribution in [1.82, 2.24) is 10.1 Å². The molecule has 156 valence electrons. The summed E-state index contributed by atoms with van der Waals surface area (Å²) < 4.78 is 7.84. The van der Waals surface area contributed by atoms with E-state index in [-0.39, 0.29) is 0 Å². The molecule has 0 aromatic heterocycles. The first-order valence-electron chi connectivity index (χ1n) is 11.1. The number of amides is 4. The van der Waals surface area contributed by atoms with Crippen LogP contribution in [0.15, 0.2) is 48.5 Å². The molecule has 2 heterocycles. The van der Waals surface area contributed by atoms with Gasteiger partial charge >= 0.3 is 0 Å². The number of benzene rings is 5. The lowest BCUT2D eigenvalue weighted by Crippen LogP contribution is -2.38. The number of rotatable bonds is 0. The van der Waals surface area contributed by atoms with Crippen LogP contribution in [0.5, 0.6) is 0 Å². The third-order valence-corrected chi connectivity index (χ3v) is 6.46. The number of hydrogen-bond acceptors (Lipinski definition) is 4. The molecule has 2 aliphatic heterocycles. The van der Waals surface area contributed by atoms with Crippen molar-refractivity contribution in [2.24, 2.45) is 0 Å². The normalized spacial score (nSPS) is 15.6. The van der Waals surface area contributed by atoms with E-state index in [9.17, 15) is 19.2 Å². The van der Waals surface area contributed by atoms with Crippen LogP contribution in [-0.4, -0.2) is 36.4 Å². The number of carbonyl (C=O) groups excluding carboxylic acids is 4. The second-order valence-corrected chi connectivity index (χ2v) is 7.85. The predicted molar refractivity (Wildman–Crippen MR) is 127 cm³/mol. The molecule has 7 rings (SSSR count). The van der Waals surface area contributed by atoms with Crippen LogP contribution >= 0.6 is 0 Å². The van der Waals surface area contributed by atoms with Gasteiger partial charge in [-0.3, -0.25) is 24.5 Å². The Labute approximate surface area is 190 Å². The van der Waals surface area contributed by atoms with Crippen molar-refractivity contribution in [3.63, 3.8) is 0 Å². The topological polar surface area (TPSA) is 83.6 Å². The molecule has 7 heteroatoms. The molecule has 33 heavy (non-hydrogen) atoms. The molecule has 0 bridgehead atoms. The van der Waals surface area contributed by atoms with E-state index in [1.54, 1.807) is 36.4 Å². The van der Waals surface area contributed by atoms with Crippen LogP contribution in [0.3, 0.4) is 0 Å². The van der Waals surface area contributed by atoms with Crippen molar-refractivity contribution in [3.8, 4) is 0 Å². The Morgan fingerprint density at radius 1 is 0.606 bits per heavy atom. The minimum Gasteiger partial charge on any atom is -0.332 e. The molecule has 2 radical (unpaired) electrons. The predicted octanol–water partition coefficient (Wildman–Crippen LogP) is 4.33. The maximum absolute atomic E-state index is 12.7. The van der Waals surface area contributed by atoms with Crippen LogP contribution in [0.4, 0.5) is 0 Å². The Morgan fingerprint density at radius 3 is 1.33 bits per heavy atom. The van der Waals surface area contributed by atoms with E-state index in [1.165, 1.54) is 0 Å². The highest BCUT2D eigenvalue weighted by atomic mass is 16.2. The molecule has 0 fully saturated rings. The summed E-state index contributed by atoms with van der Waals surface area (Å²) in [6.45, 7) is 4.00. The second-order valence-electron chi connectivity index (χ2n) is 7.85. The molecular formula is C26H15BN2O4. The molecule has 5 aromatic rings. The lowest BCUT2D eigenvalue weighted by Gasteiger charge is -2.27. The Morgan fingerprint density at radius 2 is 0.939 bits per heavy atom. The summed E-state index contributed by atoms with van der Waals surface area (Å²) in [7, 11) is 5.72. The highest BCUT2D eigenvalue weighted by Gasteiger charge is 2.32. The fraction of sp³-hybridized carbons (Fsp3) is 0.0769. The van der Waals surface area contributed by atoms with E-state index in [0.29, 0.717) is 43.1 Å². The van der Waals surface area contributed by atoms with Crippen LogP contribution in [0.25, 0.3) is 43.1 Å². The van der Waals surface area contributed by atoms with E-state index < -0.39 is 23.6 Å². The van der Waals surface area contributed by atoms with Gasteiger partial charge < -0.3 is 4.81 Å². The molecule has 0 unspecified atom stereocenters. The molecule has 0 saturated carbocycles. The van der Waals surface area contributed by atoms with Crippen LogP contribution in [0.2, 0.25) is 1.41 Å². The molecule has 5 aromatic carbocycles. The van der Waals surface area contributed by atoms with Crippen LogP contribution in [-0.2, 0) is 0 Å². The number of nitrogens with one attached hydrogen (secondary N) is 1. The summed E-state index contributed by atoms with van der Waals surface area (Å²) in [5.41, 5.74) is 1.31. The van der Waals surface area contributed by atoms with Gasteiger partial charge in [0.15, 0.2) is 1.41 Å². The van der Waals surface area contributed by atoms with Gasteiger partial charge in [0, 0.05) is 33.0 Å². The fourth-order valence-electron chi connectivity index (χ4n) is 5.17. The summed E-state index contributed by atoms with van der Waals surface area (Å²) in [6, 6.07) is 13.8. The van der Waals surface area contributed by atoms with Gasteiger partial charge in [-0.2, -0.15) is 0 Å². The molecule has 6 nitrogen and oxygen atoms in total. The first-order valence-corrected chi connectivity index (χ1v) is 10.6. The Hall–Kier alpha value is -4.26. The van der Waals surface area contributed by atoms with Crippen molar-refractivity contribution in [2.75, 3.05) is 0 Å².